The summed E-state index contributed by atoms with van der Waals surface area (Å²) in [5.74, 6) is -2.17. The first-order valence-corrected chi connectivity index (χ1v) is 6.48. The van der Waals surface area contributed by atoms with Crippen molar-refractivity contribution in [1.82, 2.24) is 5.32 Å². The molecule has 1 heterocycles. The van der Waals surface area contributed by atoms with Crippen LogP contribution in [-0.4, -0.2) is 40.7 Å². The molecule has 0 spiro atoms. The number of carbonyl (C=O) groups excluding carboxylic acids is 1. The van der Waals surface area contributed by atoms with E-state index >= 15 is 0 Å². The van der Waals surface area contributed by atoms with Gasteiger partial charge in [-0.3, -0.25) is 9.59 Å². The van der Waals surface area contributed by atoms with Crippen LogP contribution in [-0.2, 0) is 16.0 Å². The molecule has 1 aliphatic heterocycles. The van der Waals surface area contributed by atoms with Crippen molar-refractivity contribution >= 4 is 17.8 Å². The third-order valence-corrected chi connectivity index (χ3v) is 3.20. The van der Waals surface area contributed by atoms with Gasteiger partial charge in [0.1, 0.15) is 11.8 Å². The standard InChI is InChI=1S/C14H15NO6/c16-12(17)4-2-10(14(19)20)15-13(18)9-1-3-11-8(7-9)5-6-21-11/h1,3,7,10H,2,4-6H2,(H,15,18)(H,16,17)(H,19,20). The van der Waals surface area contributed by atoms with Crippen molar-refractivity contribution < 1.29 is 29.3 Å². The van der Waals surface area contributed by atoms with Gasteiger partial charge in [0.15, 0.2) is 0 Å². The number of carboxylic acids is 2. The lowest BCUT2D eigenvalue weighted by molar-refractivity contribution is -0.140. The largest absolute Gasteiger partial charge is 0.493 e. The Morgan fingerprint density at radius 2 is 2.05 bits per heavy atom. The maximum absolute atomic E-state index is 12.0. The molecule has 21 heavy (non-hydrogen) atoms. The van der Waals surface area contributed by atoms with Gasteiger partial charge in [-0.2, -0.15) is 0 Å². The van der Waals surface area contributed by atoms with Gasteiger partial charge in [-0.25, -0.2) is 4.79 Å². The second kappa shape index (κ2) is 6.25. The number of hydrogen-bond donors (Lipinski definition) is 3. The molecular formula is C14H15NO6. The minimum absolute atomic E-state index is 0.162. The zero-order chi connectivity index (χ0) is 15.4. The Hall–Kier alpha value is -2.57. The maximum atomic E-state index is 12.0. The van der Waals surface area contributed by atoms with Crippen molar-refractivity contribution in [1.29, 1.82) is 0 Å². The summed E-state index contributed by atoms with van der Waals surface area (Å²) in [6.07, 6.45) is 0.220. The van der Waals surface area contributed by atoms with Crippen LogP contribution in [0.2, 0.25) is 0 Å². The van der Waals surface area contributed by atoms with E-state index in [1.165, 1.54) is 0 Å². The lowest BCUT2D eigenvalue weighted by Gasteiger charge is -2.13. The van der Waals surface area contributed by atoms with Gasteiger partial charge in [0.05, 0.1) is 6.61 Å². The van der Waals surface area contributed by atoms with Crippen molar-refractivity contribution in [2.45, 2.75) is 25.3 Å². The molecule has 1 amide bonds. The molecule has 2 rings (SSSR count). The smallest absolute Gasteiger partial charge is 0.326 e. The molecule has 0 radical (unpaired) electrons. The van der Waals surface area contributed by atoms with Gasteiger partial charge < -0.3 is 20.3 Å². The van der Waals surface area contributed by atoms with Crippen LogP contribution in [0.3, 0.4) is 0 Å². The SMILES string of the molecule is O=C(O)CCC(NC(=O)c1ccc2c(c1)CCO2)C(=O)O. The number of benzene rings is 1. The van der Waals surface area contributed by atoms with E-state index in [4.69, 9.17) is 14.9 Å². The Morgan fingerprint density at radius 1 is 1.29 bits per heavy atom. The van der Waals surface area contributed by atoms with Gasteiger partial charge in [-0.15, -0.1) is 0 Å². The first-order chi connectivity index (χ1) is 9.97. The van der Waals surface area contributed by atoms with Gasteiger partial charge in [-0.1, -0.05) is 0 Å². The molecular weight excluding hydrogens is 278 g/mol. The second-order valence-corrected chi connectivity index (χ2v) is 4.72. The molecule has 0 saturated carbocycles. The van der Waals surface area contributed by atoms with Crippen molar-refractivity contribution in [3.63, 3.8) is 0 Å². The number of fused-ring (bicyclic) bond motifs is 1. The predicted molar refractivity (Wildman–Crippen MR) is 71.4 cm³/mol. The molecule has 1 aliphatic rings. The van der Waals surface area contributed by atoms with Gasteiger partial charge in [-0.05, 0) is 30.2 Å². The zero-order valence-electron chi connectivity index (χ0n) is 11.2. The van der Waals surface area contributed by atoms with E-state index in [2.05, 4.69) is 5.32 Å². The zero-order valence-corrected chi connectivity index (χ0v) is 11.2. The summed E-state index contributed by atoms with van der Waals surface area (Å²) in [4.78, 5) is 33.6. The minimum atomic E-state index is -1.26. The van der Waals surface area contributed by atoms with Crippen molar-refractivity contribution in [3.05, 3.63) is 29.3 Å². The second-order valence-electron chi connectivity index (χ2n) is 4.72. The lowest BCUT2D eigenvalue weighted by atomic mass is 10.1. The van der Waals surface area contributed by atoms with Crippen LogP contribution < -0.4 is 10.1 Å². The predicted octanol–water partition coefficient (Wildman–Crippen LogP) is 0.669. The topological polar surface area (TPSA) is 113 Å². The molecule has 0 saturated heterocycles. The van der Waals surface area contributed by atoms with Crippen LogP contribution in [0.15, 0.2) is 18.2 Å². The van der Waals surface area contributed by atoms with E-state index in [-0.39, 0.29) is 12.8 Å². The molecule has 7 heteroatoms. The summed E-state index contributed by atoms with van der Waals surface area (Å²) < 4.78 is 5.33. The van der Waals surface area contributed by atoms with Crippen LogP contribution in [0.25, 0.3) is 0 Å². The summed E-state index contributed by atoms with van der Waals surface area (Å²) >= 11 is 0. The third-order valence-electron chi connectivity index (χ3n) is 3.20. The van der Waals surface area contributed by atoms with E-state index in [0.717, 1.165) is 11.3 Å². The third kappa shape index (κ3) is 3.71. The summed E-state index contributed by atoms with van der Waals surface area (Å²) in [7, 11) is 0. The van der Waals surface area contributed by atoms with Crippen LogP contribution >= 0.6 is 0 Å². The molecule has 1 aromatic carbocycles. The number of hydrogen-bond acceptors (Lipinski definition) is 4. The van der Waals surface area contributed by atoms with Crippen molar-refractivity contribution in [2.75, 3.05) is 6.61 Å². The Labute approximate surface area is 120 Å². The molecule has 0 bridgehead atoms. The summed E-state index contributed by atoms with van der Waals surface area (Å²) in [5.41, 5.74) is 1.24. The lowest BCUT2D eigenvalue weighted by Crippen LogP contribution is -2.41. The fraction of sp³-hybridized carbons (Fsp3) is 0.357. The van der Waals surface area contributed by atoms with Gasteiger partial charge in [0, 0.05) is 18.4 Å². The van der Waals surface area contributed by atoms with Crippen LogP contribution in [0.5, 0.6) is 5.75 Å². The highest BCUT2D eigenvalue weighted by atomic mass is 16.5. The quantitative estimate of drug-likeness (QED) is 0.710. The Balaban J connectivity index is 2.04. The van der Waals surface area contributed by atoms with E-state index in [1.807, 2.05) is 0 Å². The number of ether oxygens (including phenoxy) is 1. The fourth-order valence-corrected chi connectivity index (χ4v) is 2.09. The molecule has 0 aromatic heterocycles. The molecule has 112 valence electrons. The average Bonchev–Trinajstić information content (AvgIpc) is 2.89. The van der Waals surface area contributed by atoms with Crippen molar-refractivity contribution in [3.8, 4) is 5.75 Å². The summed E-state index contributed by atoms with van der Waals surface area (Å²) in [6, 6.07) is 3.66. The molecule has 0 fully saturated rings. The van der Waals surface area contributed by atoms with Gasteiger partial charge in [0.2, 0.25) is 0 Å². The molecule has 7 nitrogen and oxygen atoms in total. The number of carboxylic acid groups (broad SMARTS) is 2. The highest BCUT2D eigenvalue weighted by Gasteiger charge is 2.22. The van der Waals surface area contributed by atoms with E-state index < -0.39 is 23.9 Å². The van der Waals surface area contributed by atoms with Crippen LogP contribution in [0.4, 0.5) is 0 Å². The minimum Gasteiger partial charge on any atom is -0.493 e. The maximum Gasteiger partial charge on any atom is 0.326 e. The summed E-state index contributed by atoms with van der Waals surface area (Å²) in [6.45, 7) is 0.566. The monoisotopic (exact) mass is 293 g/mol. The average molecular weight is 293 g/mol. The highest BCUT2D eigenvalue weighted by Crippen LogP contribution is 2.25. The van der Waals surface area contributed by atoms with E-state index in [9.17, 15) is 14.4 Å². The first kappa shape index (κ1) is 14.8. The van der Waals surface area contributed by atoms with E-state index in [0.29, 0.717) is 18.6 Å². The Kier molecular flexibility index (Phi) is 4.42. The number of aliphatic carboxylic acids is 2. The van der Waals surface area contributed by atoms with Crippen molar-refractivity contribution in [2.24, 2.45) is 0 Å². The number of amides is 1. The number of nitrogens with one attached hydrogen (secondary N) is 1. The molecule has 0 aliphatic carbocycles. The summed E-state index contributed by atoms with van der Waals surface area (Å²) in [5, 5.41) is 19.9. The first-order valence-electron chi connectivity index (χ1n) is 6.48. The molecule has 1 atom stereocenters. The van der Waals surface area contributed by atoms with E-state index in [1.54, 1.807) is 18.2 Å². The molecule has 3 N–H and O–H groups in total. The van der Waals surface area contributed by atoms with Gasteiger partial charge >= 0.3 is 11.9 Å². The molecule has 1 aromatic rings. The number of carbonyl (C=O) groups is 3. The molecule has 1 unspecified atom stereocenters. The van der Waals surface area contributed by atoms with Gasteiger partial charge in [0.25, 0.3) is 5.91 Å². The Bertz CT molecular complexity index is 583. The number of rotatable bonds is 6. The highest BCUT2D eigenvalue weighted by molar-refractivity contribution is 5.97. The fourth-order valence-electron chi connectivity index (χ4n) is 2.09. The normalized spacial score (nSPS) is 13.9. The van der Waals surface area contributed by atoms with Crippen LogP contribution in [0, 0.1) is 0 Å². The van der Waals surface area contributed by atoms with Crippen LogP contribution in [0.1, 0.15) is 28.8 Å². The Morgan fingerprint density at radius 3 is 2.71 bits per heavy atom.